The van der Waals surface area contributed by atoms with E-state index in [2.05, 4.69) is 10.3 Å². The molecule has 2 saturated heterocycles. The molecule has 7 heteroatoms. The van der Waals surface area contributed by atoms with E-state index in [1.165, 1.54) is 6.20 Å². The molecule has 2 fully saturated rings. The van der Waals surface area contributed by atoms with Crippen LogP contribution in [0.3, 0.4) is 0 Å². The third-order valence-electron chi connectivity index (χ3n) is 3.96. The molecule has 3 rings (SSSR count). The largest absolute Gasteiger partial charge is 0.433 e. The molecule has 0 unspecified atom stereocenters. The number of carbonyl (C=O) groups excluding carboxylic acids is 1. The predicted molar refractivity (Wildman–Crippen MR) is 66.1 cm³/mol. The Kier molecular flexibility index (Phi) is 2.88. The second kappa shape index (κ2) is 4.36. The van der Waals surface area contributed by atoms with Crippen LogP contribution in [0.4, 0.5) is 18.9 Å². The molecule has 20 heavy (non-hydrogen) atoms. The lowest BCUT2D eigenvalue weighted by Crippen LogP contribution is -2.61. The van der Waals surface area contributed by atoms with Gasteiger partial charge in [-0.05, 0) is 18.6 Å². The van der Waals surface area contributed by atoms with Crippen LogP contribution < -0.4 is 10.2 Å². The third kappa shape index (κ3) is 2.32. The molecule has 1 amide bonds. The molecule has 4 nitrogen and oxygen atoms in total. The van der Waals surface area contributed by atoms with E-state index < -0.39 is 11.9 Å². The van der Waals surface area contributed by atoms with Gasteiger partial charge in [-0.1, -0.05) is 0 Å². The number of carbonyl (C=O) groups is 1. The second-order valence-electron chi connectivity index (χ2n) is 5.53. The van der Waals surface area contributed by atoms with Crippen LogP contribution in [-0.2, 0) is 11.0 Å². The average molecular weight is 285 g/mol. The Morgan fingerprint density at radius 3 is 2.75 bits per heavy atom. The summed E-state index contributed by atoms with van der Waals surface area (Å²) in [6, 6.07) is 2.64. The van der Waals surface area contributed by atoms with Gasteiger partial charge in [0.1, 0.15) is 5.69 Å². The first kappa shape index (κ1) is 13.2. The maximum Gasteiger partial charge on any atom is 0.433 e. The zero-order chi connectivity index (χ0) is 14.4. The van der Waals surface area contributed by atoms with Crippen LogP contribution in [0.2, 0.25) is 0 Å². The van der Waals surface area contributed by atoms with Gasteiger partial charge in [0.25, 0.3) is 0 Å². The van der Waals surface area contributed by atoms with Crippen LogP contribution >= 0.6 is 0 Å². The Bertz CT molecular complexity index is 538. The number of piperidine rings is 1. The number of hydrogen-bond acceptors (Lipinski definition) is 3. The molecule has 0 radical (unpaired) electrons. The Hall–Kier alpha value is -1.79. The summed E-state index contributed by atoms with van der Waals surface area (Å²) in [5.41, 5.74) is -0.425. The van der Waals surface area contributed by atoms with Crippen molar-refractivity contribution in [2.75, 3.05) is 24.5 Å². The van der Waals surface area contributed by atoms with E-state index in [0.717, 1.165) is 12.5 Å². The molecule has 2 aliphatic rings. The van der Waals surface area contributed by atoms with E-state index in [-0.39, 0.29) is 11.3 Å². The SMILES string of the molecule is O=C1CC2(CCN1)CN(c1ccnc(C(F)(F)F)c1)C2. The molecule has 1 aromatic heterocycles. The quantitative estimate of drug-likeness (QED) is 0.856. The monoisotopic (exact) mass is 285 g/mol. The predicted octanol–water partition coefficient (Wildman–Crippen LogP) is 1.82. The minimum Gasteiger partial charge on any atom is -0.370 e. The van der Waals surface area contributed by atoms with Crippen molar-refractivity contribution in [1.29, 1.82) is 0 Å². The summed E-state index contributed by atoms with van der Waals surface area (Å²) < 4.78 is 37.9. The maximum atomic E-state index is 12.6. The molecule has 3 heterocycles. The molecule has 0 saturated carbocycles. The van der Waals surface area contributed by atoms with Gasteiger partial charge < -0.3 is 10.2 Å². The van der Waals surface area contributed by atoms with Gasteiger partial charge >= 0.3 is 6.18 Å². The lowest BCUT2D eigenvalue weighted by Gasteiger charge is -2.53. The van der Waals surface area contributed by atoms with Crippen molar-refractivity contribution >= 4 is 11.6 Å². The molecule has 1 N–H and O–H groups in total. The zero-order valence-corrected chi connectivity index (χ0v) is 10.7. The van der Waals surface area contributed by atoms with Gasteiger partial charge in [-0.25, -0.2) is 0 Å². The second-order valence-corrected chi connectivity index (χ2v) is 5.53. The first-order chi connectivity index (χ1) is 9.38. The summed E-state index contributed by atoms with van der Waals surface area (Å²) in [4.78, 5) is 16.6. The lowest BCUT2D eigenvalue weighted by molar-refractivity contribution is -0.141. The van der Waals surface area contributed by atoms with Crippen LogP contribution in [-0.4, -0.2) is 30.5 Å². The van der Waals surface area contributed by atoms with Gasteiger partial charge in [0.2, 0.25) is 5.91 Å². The average Bonchev–Trinajstić information content (AvgIpc) is 2.35. The Balaban J connectivity index is 1.72. The van der Waals surface area contributed by atoms with Crippen LogP contribution in [0.1, 0.15) is 18.5 Å². The van der Waals surface area contributed by atoms with Crippen LogP contribution in [0.25, 0.3) is 0 Å². The Morgan fingerprint density at radius 1 is 1.35 bits per heavy atom. The van der Waals surface area contributed by atoms with E-state index in [1.807, 2.05) is 4.90 Å². The van der Waals surface area contributed by atoms with E-state index in [4.69, 9.17) is 0 Å². The molecule has 0 atom stereocenters. The normalized spacial score (nSPS) is 21.6. The zero-order valence-electron chi connectivity index (χ0n) is 10.7. The van der Waals surface area contributed by atoms with Gasteiger partial charge in [-0.3, -0.25) is 9.78 Å². The highest BCUT2D eigenvalue weighted by molar-refractivity contribution is 5.78. The van der Waals surface area contributed by atoms with Crippen molar-refractivity contribution in [2.24, 2.45) is 5.41 Å². The van der Waals surface area contributed by atoms with Crippen LogP contribution in [0, 0.1) is 5.41 Å². The van der Waals surface area contributed by atoms with Crippen LogP contribution in [0.5, 0.6) is 0 Å². The van der Waals surface area contributed by atoms with Gasteiger partial charge in [-0.2, -0.15) is 13.2 Å². The number of anilines is 1. The number of hydrogen-bond donors (Lipinski definition) is 1. The topological polar surface area (TPSA) is 45.2 Å². The van der Waals surface area contributed by atoms with Gasteiger partial charge in [0, 0.05) is 43.4 Å². The standard InChI is InChI=1S/C13H14F3N3O/c14-13(15,16)10-5-9(1-3-17-10)19-7-12(8-19)2-4-18-11(20)6-12/h1,3,5H,2,4,6-8H2,(H,18,20). The van der Waals surface area contributed by atoms with E-state index >= 15 is 0 Å². The fourth-order valence-electron chi connectivity index (χ4n) is 2.95. The summed E-state index contributed by atoms with van der Waals surface area (Å²) in [6.45, 7) is 1.90. The number of nitrogens with zero attached hydrogens (tertiary/aromatic N) is 2. The number of aromatic nitrogens is 1. The number of rotatable bonds is 1. The molecule has 1 aromatic rings. The number of halogens is 3. The summed E-state index contributed by atoms with van der Waals surface area (Å²) >= 11 is 0. The van der Waals surface area contributed by atoms with Crippen molar-refractivity contribution in [3.05, 3.63) is 24.0 Å². The summed E-state index contributed by atoms with van der Waals surface area (Å²) in [5.74, 6) is 0.0293. The molecule has 1 spiro atoms. The fourth-order valence-corrected chi connectivity index (χ4v) is 2.95. The van der Waals surface area contributed by atoms with Crippen molar-refractivity contribution in [3.63, 3.8) is 0 Å². The molecule has 0 aromatic carbocycles. The first-order valence-corrected chi connectivity index (χ1v) is 6.43. The van der Waals surface area contributed by atoms with E-state index in [1.54, 1.807) is 6.07 Å². The molecule has 2 aliphatic heterocycles. The molecule has 0 aliphatic carbocycles. The first-order valence-electron chi connectivity index (χ1n) is 6.43. The summed E-state index contributed by atoms with van der Waals surface area (Å²) in [6.07, 6.45) is -1.91. The van der Waals surface area contributed by atoms with Crippen molar-refractivity contribution < 1.29 is 18.0 Å². The highest BCUT2D eigenvalue weighted by Crippen LogP contribution is 2.42. The smallest absolute Gasteiger partial charge is 0.370 e. The number of alkyl halides is 3. The summed E-state index contributed by atoms with van der Waals surface area (Å²) in [5, 5.41) is 2.77. The number of pyridine rings is 1. The minimum absolute atomic E-state index is 0.0293. The fraction of sp³-hybridized carbons (Fsp3) is 0.538. The number of nitrogens with one attached hydrogen (secondary N) is 1. The lowest BCUT2D eigenvalue weighted by atomic mass is 9.72. The Morgan fingerprint density at radius 2 is 2.10 bits per heavy atom. The van der Waals surface area contributed by atoms with E-state index in [9.17, 15) is 18.0 Å². The molecular formula is C13H14F3N3O. The summed E-state index contributed by atoms with van der Waals surface area (Å²) in [7, 11) is 0. The molecule has 108 valence electrons. The maximum absolute atomic E-state index is 12.6. The Labute approximate surface area is 114 Å². The van der Waals surface area contributed by atoms with Crippen molar-refractivity contribution in [1.82, 2.24) is 10.3 Å². The van der Waals surface area contributed by atoms with Crippen molar-refractivity contribution in [3.8, 4) is 0 Å². The highest BCUT2D eigenvalue weighted by Gasteiger charge is 2.46. The third-order valence-corrected chi connectivity index (χ3v) is 3.96. The number of amides is 1. The van der Waals surface area contributed by atoms with Gasteiger partial charge in [-0.15, -0.1) is 0 Å². The highest BCUT2D eigenvalue weighted by atomic mass is 19.4. The molecular weight excluding hydrogens is 271 g/mol. The van der Waals surface area contributed by atoms with Crippen LogP contribution in [0.15, 0.2) is 18.3 Å². The minimum atomic E-state index is -4.43. The van der Waals surface area contributed by atoms with Gasteiger partial charge in [0.05, 0.1) is 0 Å². The van der Waals surface area contributed by atoms with E-state index in [0.29, 0.717) is 31.7 Å². The van der Waals surface area contributed by atoms with Gasteiger partial charge in [0.15, 0.2) is 0 Å². The van der Waals surface area contributed by atoms with Crippen molar-refractivity contribution in [2.45, 2.75) is 19.0 Å². The molecule has 0 bridgehead atoms.